The van der Waals surface area contributed by atoms with Crippen LogP contribution in [0.15, 0.2) is 29.6 Å². The van der Waals surface area contributed by atoms with Crippen molar-refractivity contribution in [3.63, 3.8) is 0 Å². The molecule has 1 N–H and O–H groups in total. The van der Waals surface area contributed by atoms with Gasteiger partial charge < -0.3 is 15.0 Å². The van der Waals surface area contributed by atoms with Gasteiger partial charge in [0.1, 0.15) is 6.10 Å². The van der Waals surface area contributed by atoms with Gasteiger partial charge in [-0.2, -0.15) is 0 Å². The van der Waals surface area contributed by atoms with E-state index in [2.05, 4.69) is 24.1 Å². The van der Waals surface area contributed by atoms with Crippen molar-refractivity contribution in [2.75, 3.05) is 13.1 Å². The van der Waals surface area contributed by atoms with Gasteiger partial charge in [0, 0.05) is 37.2 Å². The fourth-order valence-corrected chi connectivity index (χ4v) is 3.68. The monoisotopic (exact) mass is 377 g/mol. The van der Waals surface area contributed by atoms with Crippen LogP contribution in [0.3, 0.4) is 0 Å². The maximum atomic E-state index is 13.7. The number of urea groups is 1. The van der Waals surface area contributed by atoms with Crippen LogP contribution in [0, 0.1) is 5.82 Å². The van der Waals surface area contributed by atoms with Crippen LogP contribution in [-0.4, -0.2) is 35.1 Å². The largest absolute Gasteiger partial charge is 0.487 e. The van der Waals surface area contributed by atoms with E-state index in [1.54, 1.807) is 34.4 Å². The summed E-state index contributed by atoms with van der Waals surface area (Å²) >= 11 is 1.62. The Morgan fingerprint density at radius 1 is 1.38 bits per heavy atom. The molecule has 0 atom stereocenters. The van der Waals surface area contributed by atoms with Crippen LogP contribution in [-0.2, 0) is 6.54 Å². The zero-order valence-electron chi connectivity index (χ0n) is 15.1. The molecule has 0 saturated carbocycles. The number of amides is 2. The van der Waals surface area contributed by atoms with Gasteiger partial charge in [-0.3, -0.25) is 0 Å². The zero-order valence-corrected chi connectivity index (χ0v) is 15.9. The molecule has 2 amide bonds. The lowest BCUT2D eigenvalue weighted by Crippen LogP contribution is -2.46. The summed E-state index contributed by atoms with van der Waals surface area (Å²) in [4.78, 5) is 18.6. The third kappa shape index (κ3) is 4.72. The summed E-state index contributed by atoms with van der Waals surface area (Å²) in [7, 11) is 0. The topological polar surface area (TPSA) is 54.5 Å². The van der Waals surface area contributed by atoms with Crippen molar-refractivity contribution in [2.45, 2.75) is 45.3 Å². The standard InChI is InChI=1S/C19H24FN3O2S/c1-13(2)18-22-14(12-26-18)11-21-19(24)23-9-7-15(8-10-23)25-17-6-4-3-5-16(17)20/h3-6,12-13,15H,7-11H2,1-2H3,(H,21,24). The van der Waals surface area contributed by atoms with Gasteiger partial charge in [0.05, 0.1) is 17.2 Å². The predicted octanol–water partition coefficient (Wildman–Crippen LogP) is 4.16. The van der Waals surface area contributed by atoms with Crippen LogP contribution in [0.1, 0.15) is 43.3 Å². The molecular weight excluding hydrogens is 353 g/mol. The lowest BCUT2D eigenvalue weighted by Gasteiger charge is -2.32. The van der Waals surface area contributed by atoms with E-state index >= 15 is 0 Å². The number of ether oxygens (including phenoxy) is 1. The first-order valence-corrected chi connectivity index (χ1v) is 9.79. The molecule has 2 aromatic rings. The molecule has 3 rings (SSSR count). The second-order valence-corrected chi connectivity index (χ2v) is 7.61. The normalized spacial score (nSPS) is 15.3. The molecule has 1 aliphatic heterocycles. The van der Waals surface area contributed by atoms with Crippen molar-refractivity contribution < 1.29 is 13.9 Å². The Morgan fingerprint density at radius 2 is 2.12 bits per heavy atom. The molecule has 1 aromatic carbocycles. The van der Waals surface area contributed by atoms with Gasteiger partial charge in [0.2, 0.25) is 0 Å². The van der Waals surface area contributed by atoms with E-state index in [9.17, 15) is 9.18 Å². The van der Waals surface area contributed by atoms with Gasteiger partial charge in [0.25, 0.3) is 0 Å². The Hall–Kier alpha value is -2.15. The quantitative estimate of drug-likeness (QED) is 0.851. The minimum atomic E-state index is -0.350. The summed E-state index contributed by atoms with van der Waals surface area (Å²) in [6.45, 7) is 5.84. The average Bonchev–Trinajstić information content (AvgIpc) is 3.12. The Balaban J connectivity index is 1.43. The summed E-state index contributed by atoms with van der Waals surface area (Å²) < 4.78 is 19.4. The molecule has 0 unspecified atom stereocenters. The molecule has 1 aromatic heterocycles. The summed E-state index contributed by atoms with van der Waals surface area (Å²) in [6.07, 6.45) is 1.31. The molecule has 0 spiro atoms. The fourth-order valence-electron chi connectivity index (χ4n) is 2.84. The summed E-state index contributed by atoms with van der Waals surface area (Å²) in [5, 5.41) is 6.00. The number of para-hydroxylation sites is 1. The van der Waals surface area contributed by atoms with Crippen LogP contribution in [0.5, 0.6) is 5.75 Å². The van der Waals surface area contributed by atoms with Crippen molar-refractivity contribution in [3.8, 4) is 5.75 Å². The number of rotatable bonds is 5. The van der Waals surface area contributed by atoms with E-state index in [0.717, 1.165) is 10.7 Å². The van der Waals surface area contributed by atoms with Gasteiger partial charge in [-0.25, -0.2) is 14.2 Å². The summed E-state index contributed by atoms with van der Waals surface area (Å²) in [5.74, 6) is 0.328. The van der Waals surface area contributed by atoms with Crippen LogP contribution in [0.25, 0.3) is 0 Å². The third-order valence-electron chi connectivity index (χ3n) is 4.34. The Morgan fingerprint density at radius 3 is 2.77 bits per heavy atom. The van der Waals surface area contributed by atoms with E-state index in [1.165, 1.54) is 6.07 Å². The maximum Gasteiger partial charge on any atom is 0.317 e. The Kier molecular flexibility index (Phi) is 6.08. The molecule has 26 heavy (non-hydrogen) atoms. The highest BCUT2D eigenvalue weighted by Crippen LogP contribution is 2.22. The fraction of sp³-hybridized carbons (Fsp3) is 0.474. The number of nitrogens with zero attached hydrogens (tertiary/aromatic N) is 2. The van der Waals surface area contributed by atoms with Crippen LogP contribution < -0.4 is 10.1 Å². The first kappa shape index (κ1) is 18.6. The van der Waals surface area contributed by atoms with Crippen molar-refractivity contribution in [3.05, 3.63) is 46.2 Å². The van der Waals surface area contributed by atoms with E-state index in [1.807, 2.05) is 5.38 Å². The van der Waals surface area contributed by atoms with Crippen molar-refractivity contribution in [1.82, 2.24) is 15.2 Å². The number of carbonyl (C=O) groups excluding carboxylic acids is 1. The zero-order chi connectivity index (χ0) is 18.5. The molecular formula is C19H24FN3O2S. The van der Waals surface area contributed by atoms with Crippen molar-refractivity contribution in [2.24, 2.45) is 0 Å². The molecule has 7 heteroatoms. The van der Waals surface area contributed by atoms with Crippen LogP contribution in [0.2, 0.25) is 0 Å². The van der Waals surface area contributed by atoms with Crippen molar-refractivity contribution >= 4 is 17.4 Å². The highest BCUT2D eigenvalue weighted by molar-refractivity contribution is 7.09. The summed E-state index contributed by atoms with van der Waals surface area (Å²) in [5.41, 5.74) is 0.893. The number of thiazole rings is 1. The number of carbonyl (C=O) groups is 1. The second-order valence-electron chi connectivity index (χ2n) is 6.73. The SMILES string of the molecule is CC(C)c1nc(CNC(=O)N2CCC(Oc3ccccc3F)CC2)cs1. The average molecular weight is 377 g/mol. The Labute approximate surface area is 157 Å². The third-order valence-corrected chi connectivity index (χ3v) is 5.54. The number of aromatic nitrogens is 1. The number of halogens is 1. The molecule has 0 aliphatic carbocycles. The van der Waals surface area contributed by atoms with E-state index in [0.29, 0.717) is 38.4 Å². The van der Waals surface area contributed by atoms with Gasteiger partial charge >= 0.3 is 6.03 Å². The molecule has 1 saturated heterocycles. The number of benzene rings is 1. The summed E-state index contributed by atoms with van der Waals surface area (Å²) in [6, 6.07) is 6.33. The molecule has 0 bridgehead atoms. The highest BCUT2D eigenvalue weighted by Gasteiger charge is 2.24. The number of nitrogens with one attached hydrogen (secondary N) is 1. The van der Waals surface area contributed by atoms with Crippen LogP contribution >= 0.6 is 11.3 Å². The predicted molar refractivity (Wildman–Crippen MR) is 100 cm³/mol. The number of likely N-dealkylation sites (tertiary alicyclic amines) is 1. The van der Waals surface area contributed by atoms with Crippen molar-refractivity contribution in [1.29, 1.82) is 0 Å². The lowest BCUT2D eigenvalue weighted by molar-refractivity contribution is 0.107. The minimum absolute atomic E-state index is 0.0666. The first-order chi connectivity index (χ1) is 12.5. The van der Waals surface area contributed by atoms with E-state index < -0.39 is 0 Å². The molecule has 1 aliphatic rings. The molecule has 5 nitrogen and oxygen atoms in total. The number of hydrogen-bond acceptors (Lipinski definition) is 4. The first-order valence-electron chi connectivity index (χ1n) is 8.91. The molecule has 140 valence electrons. The number of piperidine rings is 1. The highest BCUT2D eigenvalue weighted by atomic mass is 32.1. The second kappa shape index (κ2) is 8.49. The molecule has 2 heterocycles. The molecule has 1 fully saturated rings. The van der Waals surface area contributed by atoms with Gasteiger partial charge in [0.15, 0.2) is 11.6 Å². The maximum absolute atomic E-state index is 13.7. The van der Waals surface area contributed by atoms with E-state index in [-0.39, 0.29) is 23.7 Å². The van der Waals surface area contributed by atoms with Gasteiger partial charge in [-0.05, 0) is 12.1 Å². The van der Waals surface area contributed by atoms with Gasteiger partial charge in [-0.1, -0.05) is 26.0 Å². The number of hydrogen-bond donors (Lipinski definition) is 1. The van der Waals surface area contributed by atoms with Crippen LogP contribution in [0.4, 0.5) is 9.18 Å². The van der Waals surface area contributed by atoms with Gasteiger partial charge in [-0.15, -0.1) is 11.3 Å². The van der Waals surface area contributed by atoms with E-state index in [4.69, 9.17) is 4.74 Å². The Bertz CT molecular complexity index is 742. The minimum Gasteiger partial charge on any atom is -0.487 e. The molecule has 0 radical (unpaired) electrons. The lowest BCUT2D eigenvalue weighted by atomic mass is 10.1. The smallest absolute Gasteiger partial charge is 0.317 e.